The van der Waals surface area contributed by atoms with Crippen molar-refractivity contribution in [2.24, 2.45) is 5.73 Å². The number of hydrogen-bond acceptors (Lipinski definition) is 5. The van der Waals surface area contributed by atoms with E-state index >= 15 is 0 Å². The molecule has 0 aliphatic heterocycles. The van der Waals surface area contributed by atoms with Crippen molar-refractivity contribution in [3.05, 3.63) is 23.8 Å². The van der Waals surface area contributed by atoms with Gasteiger partial charge in [0.1, 0.15) is 6.04 Å². The van der Waals surface area contributed by atoms with Crippen LogP contribution in [0.1, 0.15) is 24.2 Å². The van der Waals surface area contributed by atoms with Crippen LogP contribution in [0.15, 0.2) is 18.2 Å². The Hall–Kier alpha value is -2.24. The first-order valence-corrected chi connectivity index (χ1v) is 5.58. The molecule has 1 rings (SSSR count). The maximum atomic E-state index is 11.7. The van der Waals surface area contributed by atoms with Crippen molar-refractivity contribution < 1.29 is 14.3 Å². The van der Waals surface area contributed by atoms with E-state index in [1.165, 1.54) is 6.07 Å². The van der Waals surface area contributed by atoms with Gasteiger partial charge < -0.3 is 21.5 Å². The molecular weight excluding hydrogens is 234 g/mol. The average Bonchev–Trinajstić information content (AvgIpc) is 2.31. The number of nitrogens with one attached hydrogen (secondary N) is 1. The number of hydrogen-bond donors (Lipinski definition) is 3. The molecular formula is C12H17N3O3. The van der Waals surface area contributed by atoms with Crippen LogP contribution in [-0.4, -0.2) is 24.5 Å². The summed E-state index contributed by atoms with van der Waals surface area (Å²) < 4.78 is 4.91. The van der Waals surface area contributed by atoms with Crippen LogP contribution in [0.2, 0.25) is 0 Å². The van der Waals surface area contributed by atoms with Crippen LogP contribution < -0.4 is 16.8 Å². The Morgan fingerprint density at radius 3 is 2.67 bits per heavy atom. The van der Waals surface area contributed by atoms with Gasteiger partial charge in [0.2, 0.25) is 5.91 Å². The second-order valence-electron chi connectivity index (χ2n) is 3.79. The molecule has 1 aromatic rings. The van der Waals surface area contributed by atoms with Gasteiger partial charge in [-0.2, -0.15) is 0 Å². The van der Waals surface area contributed by atoms with Crippen molar-refractivity contribution in [3.8, 4) is 0 Å². The van der Waals surface area contributed by atoms with E-state index in [0.29, 0.717) is 11.4 Å². The lowest BCUT2D eigenvalue weighted by Crippen LogP contribution is -2.33. The third-order valence-electron chi connectivity index (χ3n) is 2.34. The van der Waals surface area contributed by atoms with Crippen molar-refractivity contribution in [1.82, 2.24) is 0 Å². The summed E-state index contributed by atoms with van der Waals surface area (Å²) in [6.45, 7) is 3.58. The molecule has 0 aliphatic carbocycles. The molecule has 0 aliphatic rings. The van der Waals surface area contributed by atoms with E-state index < -0.39 is 17.9 Å². The molecule has 0 heterocycles. The number of anilines is 2. The molecule has 0 spiro atoms. The largest absolute Gasteiger partial charge is 0.462 e. The quantitative estimate of drug-likeness (QED) is 0.528. The fourth-order valence-electron chi connectivity index (χ4n) is 1.37. The third kappa shape index (κ3) is 3.38. The van der Waals surface area contributed by atoms with Crippen molar-refractivity contribution in [3.63, 3.8) is 0 Å². The Kier molecular flexibility index (Phi) is 4.53. The summed E-state index contributed by atoms with van der Waals surface area (Å²) in [6, 6.07) is 4.13. The standard InChI is InChI=1S/C12H17N3O3/c1-3-18-12(17)9-6-8(13)4-5-10(9)15-7(2)11(14)16/h4-7,15H,3,13H2,1-2H3,(H2,14,16). The lowest BCUT2D eigenvalue weighted by Gasteiger charge is -2.15. The first-order chi connectivity index (χ1) is 8.45. The van der Waals surface area contributed by atoms with Crippen LogP contribution in [0.25, 0.3) is 0 Å². The predicted molar refractivity (Wildman–Crippen MR) is 69.1 cm³/mol. The molecule has 18 heavy (non-hydrogen) atoms. The van der Waals surface area contributed by atoms with E-state index in [0.717, 1.165) is 0 Å². The van der Waals surface area contributed by atoms with Gasteiger partial charge >= 0.3 is 5.97 Å². The summed E-state index contributed by atoms with van der Waals surface area (Å²) in [5, 5.41) is 2.85. The molecule has 0 radical (unpaired) electrons. The zero-order chi connectivity index (χ0) is 13.7. The highest BCUT2D eigenvalue weighted by atomic mass is 16.5. The van der Waals surface area contributed by atoms with E-state index in [2.05, 4.69) is 5.32 Å². The molecule has 0 saturated heterocycles. The average molecular weight is 251 g/mol. The van der Waals surface area contributed by atoms with E-state index in [9.17, 15) is 9.59 Å². The number of nitrogens with two attached hydrogens (primary N) is 2. The first-order valence-electron chi connectivity index (χ1n) is 5.58. The Labute approximate surface area is 105 Å². The number of primary amides is 1. The molecule has 0 saturated carbocycles. The van der Waals surface area contributed by atoms with Crippen LogP contribution in [0.3, 0.4) is 0 Å². The number of rotatable bonds is 5. The van der Waals surface area contributed by atoms with Gasteiger partial charge in [-0.25, -0.2) is 4.79 Å². The van der Waals surface area contributed by atoms with Gasteiger partial charge in [-0.15, -0.1) is 0 Å². The van der Waals surface area contributed by atoms with Gasteiger partial charge in [-0.3, -0.25) is 4.79 Å². The SMILES string of the molecule is CCOC(=O)c1cc(N)ccc1NC(C)C(N)=O. The summed E-state index contributed by atoms with van der Waals surface area (Å²) in [4.78, 5) is 22.7. The lowest BCUT2D eigenvalue weighted by atomic mass is 10.1. The van der Waals surface area contributed by atoms with Gasteiger partial charge in [0, 0.05) is 11.4 Å². The van der Waals surface area contributed by atoms with Crippen LogP contribution in [-0.2, 0) is 9.53 Å². The number of amides is 1. The minimum Gasteiger partial charge on any atom is -0.462 e. The number of carbonyl (C=O) groups is 2. The highest BCUT2D eigenvalue weighted by Gasteiger charge is 2.16. The number of nitrogen functional groups attached to an aromatic ring is 1. The zero-order valence-corrected chi connectivity index (χ0v) is 10.4. The number of ether oxygens (including phenoxy) is 1. The van der Waals surface area contributed by atoms with Gasteiger partial charge in [0.25, 0.3) is 0 Å². The molecule has 6 nitrogen and oxygen atoms in total. The lowest BCUT2D eigenvalue weighted by molar-refractivity contribution is -0.118. The number of carbonyl (C=O) groups excluding carboxylic acids is 2. The van der Waals surface area contributed by atoms with Crippen molar-refractivity contribution >= 4 is 23.3 Å². The third-order valence-corrected chi connectivity index (χ3v) is 2.34. The van der Waals surface area contributed by atoms with Crippen LogP contribution in [0, 0.1) is 0 Å². The molecule has 98 valence electrons. The number of benzene rings is 1. The maximum Gasteiger partial charge on any atom is 0.340 e. The van der Waals surface area contributed by atoms with Crippen molar-refractivity contribution in [1.29, 1.82) is 0 Å². The van der Waals surface area contributed by atoms with Crippen LogP contribution in [0.4, 0.5) is 11.4 Å². The molecule has 1 aromatic carbocycles. The smallest absolute Gasteiger partial charge is 0.340 e. The second kappa shape index (κ2) is 5.90. The normalized spacial score (nSPS) is 11.7. The molecule has 6 heteroatoms. The van der Waals surface area contributed by atoms with Gasteiger partial charge in [0.15, 0.2) is 0 Å². The summed E-state index contributed by atoms with van der Waals surface area (Å²) in [5.74, 6) is -1.01. The van der Waals surface area contributed by atoms with Crippen LogP contribution >= 0.6 is 0 Å². The predicted octanol–water partition coefficient (Wildman–Crippen LogP) is 0.731. The minimum atomic E-state index is -0.596. The molecule has 0 aromatic heterocycles. The van der Waals surface area contributed by atoms with Gasteiger partial charge in [0.05, 0.1) is 12.2 Å². The van der Waals surface area contributed by atoms with Gasteiger partial charge in [-0.05, 0) is 32.0 Å². The first kappa shape index (κ1) is 13.8. The van der Waals surface area contributed by atoms with E-state index in [1.807, 2.05) is 0 Å². The monoisotopic (exact) mass is 251 g/mol. The topological polar surface area (TPSA) is 107 Å². The zero-order valence-electron chi connectivity index (χ0n) is 10.4. The van der Waals surface area contributed by atoms with E-state index in [4.69, 9.17) is 16.2 Å². The summed E-state index contributed by atoms with van der Waals surface area (Å²) in [6.07, 6.45) is 0. The van der Waals surface area contributed by atoms with E-state index in [1.54, 1.807) is 26.0 Å². The summed E-state index contributed by atoms with van der Waals surface area (Å²) in [7, 11) is 0. The fourth-order valence-corrected chi connectivity index (χ4v) is 1.37. The highest BCUT2D eigenvalue weighted by molar-refractivity contribution is 5.97. The number of esters is 1. The molecule has 0 fully saturated rings. The Morgan fingerprint density at radius 1 is 1.44 bits per heavy atom. The van der Waals surface area contributed by atoms with Crippen molar-refractivity contribution in [2.75, 3.05) is 17.7 Å². The molecule has 1 unspecified atom stereocenters. The maximum absolute atomic E-state index is 11.7. The second-order valence-corrected chi connectivity index (χ2v) is 3.79. The summed E-state index contributed by atoms with van der Waals surface area (Å²) in [5.41, 5.74) is 12.0. The Balaban J connectivity index is 3.03. The Bertz CT molecular complexity index is 460. The van der Waals surface area contributed by atoms with Gasteiger partial charge in [-0.1, -0.05) is 0 Å². The molecule has 1 atom stereocenters. The molecule has 5 N–H and O–H groups in total. The Morgan fingerprint density at radius 2 is 2.11 bits per heavy atom. The molecule has 1 amide bonds. The molecule has 0 bridgehead atoms. The summed E-state index contributed by atoms with van der Waals surface area (Å²) >= 11 is 0. The minimum absolute atomic E-state index is 0.262. The van der Waals surface area contributed by atoms with Crippen LogP contribution in [0.5, 0.6) is 0 Å². The van der Waals surface area contributed by atoms with Crippen molar-refractivity contribution in [2.45, 2.75) is 19.9 Å². The van der Waals surface area contributed by atoms with E-state index in [-0.39, 0.29) is 12.2 Å². The fraction of sp³-hybridized carbons (Fsp3) is 0.333. The highest BCUT2D eigenvalue weighted by Crippen LogP contribution is 2.20.